The lowest BCUT2D eigenvalue weighted by Gasteiger charge is -2.19. The Bertz CT molecular complexity index is 1710. The maximum atomic E-state index is 13.5. The molecule has 1 aliphatic carbocycles. The monoisotopic (exact) mass is 624 g/mol. The second kappa shape index (κ2) is 11.2. The smallest absolute Gasteiger partial charge is 0.339 e. The topological polar surface area (TPSA) is 93.6 Å². The largest absolute Gasteiger partial charge is 0.451 e. The van der Waals surface area contributed by atoms with Gasteiger partial charge in [0, 0.05) is 21.0 Å². The van der Waals surface area contributed by atoms with Crippen LogP contribution in [0.25, 0.3) is 22.2 Å². The number of nitrogens with zero attached hydrogens (tertiary/aromatic N) is 2. The van der Waals surface area contributed by atoms with Gasteiger partial charge >= 0.3 is 5.97 Å². The number of rotatable bonds is 6. The van der Waals surface area contributed by atoms with Gasteiger partial charge in [0.25, 0.3) is 0 Å². The van der Waals surface area contributed by atoms with Crippen LogP contribution in [0.5, 0.6) is 0 Å². The molecule has 3 aromatic carbocycles. The molecule has 1 aliphatic heterocycles. The zero-order valence-electron chi connectivity index (χ0n) is 23.3. The summed E-state index contributed by atoms with van der Waals surface area (Å²) in [6, 6.07) is 21.3. The zero-order valence-corrected chi connectivity index (χ0v) is 24.9. The quantitative estimate of drug-likeness (QED) is 0.129. The first-order valence-corrected chi connectivity index (χ1v) is 14.9. The van der Waals surface area contributed by atoms with E-state index < -0.39 is 12.1 Å². The van der Waals surface area contributed by atoms with E-state index in [1.54, 1.807) is 61.5 Å². The SMILES string of the molecule is Cc1ccc(C(=O)C(C)OC(=O)c2cc(-c3ccc(N4C(=O)C5CCCCC5C4=O)cc3)nc3ccc(Br)cc23)cc1. The van der Waals surface area contributed by atoms with E-state index in [-0.39, 0.29) is 35.0 Å². The Morgan fingerprint density at radius 2 is 1.55 bits per heavy atom. The highest BCUT2D eigenvalue weighted by Gasteiger charge is 2.48. The van der Waals surface area contributed by atoms with Crippen LogP contribution in [-0.2, 0) is 14.3 Å². The van der Waals surface area contributed by atoms with Crippen LogP contribution in [0.15, 0.2) is 77.3 Å². The third-order valence-corrected chi connectivity index (χ3v) is 8.74. The molecule has 7 nitrogen and oxygen atoms in total. The van der Waals surface area contributed by atoms with E-state index in [0.29, 0.717) is 33.4 Å². The summed E-state index contributed by atoms with van der Waals surface area (Å²) in [6.45, 7) is 3.50. The Balaban J connectivity index is 1.30. The van der Waals surface area contributed by atoms with Crippen LogP contribution in [0.2, 0.25) is 0 Å². The number of aryl methyl sites for hydroxylation is 1. The lowest BCUT2D eigenvalue weighted by molar-refractivity contribution is -0.122. The summed E-state index contributed by atoms with van der Waals surface area (Å²) in [4.78, 5) is 58.6. The molecule has 0 bridgehead atoms. The fourth-order valence-corrected chi connectivity index (χ4v) is 6.30. The van der Waals surface area contributed by atoms with Crippen LogP contribution in [0, 0.1) is 18.8 Å². The minimum atomic E-state index is -0.988. The number of hydrogen-bond acceptors (Lipinski definition) is 6. The molecular weight excluding hydrogens is 596 g/mol. The number of imide groups is 1. The molecule has 0 radical (unpaired) electrons. The molecule has 8 heteroatoms. The first kappa shape index (κ1) is 28.0. The maximum absolute atomic E-state index is 13.5. The van der Waals surface area contributed by atoms with Crippen LogP contribution < -0.4 is 4.90 Å². The van der Waals surface area contributed by atoms with Crippen LogP contribution in [-0.4, -0.2) is 34.7 Å². The summed E-state index contributed by atoms with van der Waals surface area (Å²) in [5.74, 6) is -1.60. The molecular formula is C34H29BrN2O5. The second-order valence-corrected chi connectivity index (χ2v) is 12.0. The van der Waals surface area contributed by atoms with E-state index in [0.717, 1.165) is 35.7 Å². The second-order valence-electron chi connectivity index (χ2n) is 11.1. The van der Waals surface area contributed by atoms with Gasteiger partial charge in [-0.05, 0) is 63.1 Å². The summed E-state index contributed by atoms with van der Waals surface area (Å²) >= 11 is 3.47. The fourth-order valence-electron chi connectivity index (χ4n) is 5.94. The van der Waals surface area contributed by atoms with Crippen molar-refractivity contribution in [2.45, 2.75) is 45.6 Å². The molecule has 2 amide bonds. The van der Waals surface area contributed by atoms with Crippen molar-refractivity contribution < 1.29 is 23.9 Å². The fraction of sp³-hybridized carbons (Fsp3) is 0.265. The Morgan fingerprint density at radius 3 is 2.19 bits per heavy atom. The molecule has 3 atom stereocenters. The molecule has 3 unspecified atom stereocenters. The Hall–Kier alpha value is -4.17. The molecule has 6 rings (SSSR count). The number of pyridine rings is 1. The van der Waals surface area contributed by atoms with Crippen LogP contribution in [0.3, 0.4) is 0 Å². The van der Waals surface area contributed by atoms with Gasteiger partial charge in [-0.2, -0.15) is 0 Å². The number of benzene rings is 3. The van der Waals surface area contributed by atoms with Crippen molar-refractivity contribution in [1.29, 1.82) is 0 Å². The first-order valence-electron chi connectivity index (χ1n) is 14.1. The van der Waals surface area contributed by atoms with E-state index >= 15 is 0 Å². The van der Waals surface area contributed by atoms with Gasteiger partial charge in [-0.1, -0.05) is 70.7 Å². The molecule has 0 spiro atoms. The number of aromatic nitrogens is 1. The number of ketones is 1. The highest BCUT2D eigenvalue weighted by atomic mass is 79.9. The van der Waals surface area contributed by atoms with Gasteiger partial charge in [0.2, 0.25) is 17.6 Å². The van der Waals surface area contributed by atoms with E-state index in [1.165, 1.54) is 4.90 Å². The van der Waals surface area contributed by atoms with Gasteiger partial charge < -0.3 is 4.74 Å². The third kappa shape index (κ3) is 5.15. The number of esters is 1. The lowest BCUT2D eigenvalue weighted by Crippen LogP contribution is -2.30. The molecule has 212 valence electrons. The van der Waals surface area contributed by atoms with E-state index in [2.05, 4.69) is 15.9 Å². The highest BCUT2D eigenvalue weighted by Crippen LogP contribution is 2.40. The van der Waals surface area contributed by atoms with Crippen molar-refractivity contribution in [3.05, 3.63) is 94.0 Å². The standard InChI is InChI=1S/C34H29BrN2O5/c1-19-7-9-22(10-8-19)31(38)20(2)42-34(41)28-18-30(36-29-16-13-23(35)17-27(28)29)21-11-14-24(15-12-21)37-32(39)25-5-3-4-6-26(25)33(37)40/h7-18,20,25-26H,3-6H2,1-2H3. The van der Waals surface area contributed by atoms with Crippen molar-refractivity contribution in [2.75, 3.05) is 4.90 Å². The summed E-state index contributed by atoms with van der Waals surface area (Å²) in [7, 11) is 0. The molecule has 1 saturated heterocycles. The molecule has 1 aromatic heterocycles. The van der Waals surface area contributed by atoms with Crippen molar-refractivity contribution >= 4 is 56.1 Å². The van der Waals surface area contributed by atoms with Crippen molar-refractivity contribution in [1.82, 2.24) is 4.98 Å². The lowest BCUT2D eigenvalue weighted by atomic mass is 9.81. The van der Waals surface area contributed by atoms with Crippen molar-refractivity contribution in [3.63, 3.8) is 0 Å². The molecule has 4 aromatic rings. The Labute approximate surface area is 252 Å². The predicted molar refractivity (Wildman–Crippen MR) is 163 cm³/mol. The third-order valence-electron chi connectivity index (χ3n) is 8.24. The number of hydrogen-bond donors (Lipinski definition) is 0. The number of ether oxygens (including phenoxy) is 1. The van der Waals surface area contributed by atoms with Gasteiger partial charge in [0.05, 0.1) is 34.3 Å². The minimum absolute atomic E-state index is 0.119. The van der Waals surface area contributed by atoms with Crippen molar-refractivity contribution in [3.8, 4) is 11.3 Å². The molecule has 2 fully saturated rings. The zero-order chi connectivity index (χ0) is 29.5. The van der Waals surface area contributed by atoms with Crippen LogP contribution >= 0.6 is 15.9 Å². The number of halogens is 1. The van der Waals surface area contributed by atoms with Gasteiger partial charge in [-0.3, -0.25) is 19.3 Å². The first-order chi connectivity index (χ1) is 20.2. The van der Waals surface area contributed by atoms with Gasteiger partial charge in [0.15, 0.2) is 6.10 Å². The number of carbonyl (C=O) groups is 4. The number of carbonyl (C=O) groups excluding carboxylic acids is 4. The molecule has 0 N–H and O–H groups in total. The molecule has 42 heavy (non-hydrogen) atoms. The molecule has 2 heterocycles. The number of Topliss-reactive ketones (excluding diaryl/α,β-unsaturated/α-hetero) is 1. The van der Waals surface area contributed by atoms with Gasteiger partial charge in [-0.25, -0.2) is 9.78 Å². The van der Waals surface area contributed by atoms with Gasteiger partial charge in [0.1, 0.15) is 0 Å². The van der Waals surface area contributed by atoms with E-state index in [1.807, 2.05) is 25.1 Å². The molecule has 2 aliphatic rings. The van der Waals surface area contributed by atoms with Crippen molar-refractivity contribution in [2.24, 2.45) is 11.8 Å². The molecule has 1 saturated carbocycles. The Kier molecular flexibility index (Phi) is 7.49. The van der Waals surface area contributed by atoms with E-state index in [9.17, 15) is 19.2 Å². The summed E-state index contributed by atoms with van der Waals surface area (Å²) in [6.07, 6.45) is 2.48. The maximum Gasteiger partial charge on any atom is 0.339 e. The normalized spacial score (nSPS) is 19.1. The van der Waals surface area contributed by atoms with Crippen LogP contribution in [0.1, 0.15) is 58.9 Å². The number of anilines is 1. The number of fused-ring (bicyclic) bond motifs is 2. The van der Waals surface area contributed by atoms with Gasteiger partial charge in [-0.15, -0.1) is 0 Å². The summed E-state index contributed by atoms with van der Waals surface area (Å²) in [5, 5.41) is 0.584. The highest BCUT2D eigenvalue weighted by molar-refractivity contribution is 9.10. The Morgan fingerprint density at radius 1 is 0.905 bits per heavy atom. The summed E-state index contributed by atoms with van der Waals surface area (Å²) < 4.78 is 6.44. The average molecular weight is 626 g/mol. The predicted octanol–water partition coefficient (Wildman–Crippen LogP) is 7.08. The minimum Gasteiger partial charge on any atom is -0.451 e. The summed E-state index contributed by atoms with van der Waals surface area (Å²) in [5.41, 5.74) is 4.12. The number of amides is 2. The van der Waals surface area contributed by atoms with E-state index in [4.69, 9.17) is 9.72 Å². The average Bonchev–Trinajstić information content (AvgIpc) is 3.26. The van der Waals surface area contributed by atoms with Crippen LogP contribution in [0.4, 0.5) is 5.69 Å².